The van der Waals surface area contributed by atoms with Crippen LogP contribution < -0.4 is 4.74 Å². The number of aromatic nitrogens is 2. The molecule has 0 fully saturated rings. The van der Waals surface area contributed by atoms with Crippen LogP contribution in [-0.2, 0) is 11.3 Å². The second kappa shape index (κ2) is 5.82. The molecule has 4 heteroatoms. The van der Waals surface area contributed by atoms with Crippen molar-refractivity contribution in [2.24, 2.45) is 0 Å². The van der Waals surface area contributed by atoms with Crippen LogP contribution in [0, 0.1) is 0 Å². The third kappa shape index (κ3) is 2.85. The normalized spacial score (nSPS) is 10.7. The molecule has 0 saturated heterocycles. The van der Waals surface area contributed by atoms with Crippen molar-refractivity contribution >= 4 is 12.4 Å². The van der Waals surface area contributed by atoms with E-state index in [1.54, 1.807) is 19.4 Å². The summed E-state index contributed by atoms with van der Waals surface area (Å²) in [6.45, 7) is 0.638. The Labute approximate surface area is 106 Å². The van der Waals surface area contributed by atoms with E-state index in [9.17, 15) is 4.79 Å². The van der Waals surface area contributed by atoms with Crippen LogP contribution in [0.15, 0.2) is 42.7 Å². The number of nitrogens with zero attached hydrogens (tertiary/aromatic N) is 2. The third-order valence-electron chi connectivity index (χ3n) is 2.56. The number of hydrogen-bond acceptors (Lipinski definition) is 3. The topological polar surface area (TPSA) is 44.1 Å². The summed E-state index contributed by atoms with van der Waals surface area (Å²) >= 11 is 0. The predicted octanol–water partition coefficient (Wildman–Crippen LogP) is 2.15. The first-order chi connectivity index (χ1) is 8.83. The molecule has 0 spiro atoms. The summed E-state index contributed by atoms with van der Waals surface area (Å²) in [5.41, 5.74) is 1.99. The van der Waals surface area contributed by atoms with Crippen molar-refractivity contribution in [3.63, 3.8) is 0 Å². The maximum atomic E-state index is 10.3. The summed E-state index contributed by atoms with van der Waals surface area (Å²) in [7, 11) is 1.64. The van der Waals surface area contributed by atoms with Gasteiger partial charge in [-0.25, -0.2) is 0 Å². The fourth-order valence-electron chi connectivity index (χ4n) is 1.74. The lowest BCUT2D eigenvalue weighted by Crippen LogP contribution is -2.02. The summed E-state index contributed by atoms with van der Waals surface area (Å²) in [5.74, 6) is 0.814. The van der Waals surface area contributed by atoms with Crippen LogP contribution in [0.2, 0.25) is 0 Å². The number of rotatable bonds is 5. The summed E-state index contributed by atoms with van der Waals surface area (Å²) in [6, 6.07) is 7.66. The number of ether oxygens (including phenoxy) is 1. The van der Waals surface area contributed by atoms with Gasteiger partial charge in [0.15, 0.2) is 0 Å². The minimum Gasteiger partial charge on any atom is -0.496 e. The van der Waals surface area contributed by atoms with Gasteiger partial charge in [-0.3, -0.25) is 9.48 Å². The molecule has 4 nitrogen and oxygen atoms in total. The van der Waals surface area contributed by atoms with E-state index in [1.807, 2.05) is 35.1 Å². The van der Waals surface area contributed by atoms with Crippen LogP contribution in [0.1, 0.15) is 11.1 Å². The molecule has 0 aliphatic rings. The fraction of sp³-hybridized carbons (Fsp3) is 0.143. The van der Waals surface area contributed by atoms with Crippen molar-refractivity contribution in [3.05, 3.63) is 53.9 Å². The lowest BCUT2D eigenvalue weighted by atomic mass is 10.1. The molecule has 0 aliphatic heterocycles. The van der Waals surface area contributed by atoms with Crippen LogP contribution in [-0.4, -0.2) is 23.2 Å². The Bertz CT molecular complexity index is 545. The zero-order chi connectivity index (χ0) is 12.8. The molecule has 1 aromatic carbocycles. The predicted molar refractivity (Wildman–Crippen MR) is 69.4 cm³/mol. The Hall–Kier alpha value is -2.36. The average Bonchev–Trinajstić information content (AvgIpc) is 2.89. The Kier molecular flexibility index (Phi) is 3.91. The van der Waals surface area contributed by atoms with E-state index in [-0.39, 0.29) is 0 Å². The molecule has 1 aromatic heterocycles. The molecule has 0 aliphatic carbocycles. The van der Waals surface area contributed by atoms with Crippen molar-refractivity contribution in [3.8, 4) is 5.75 Å². The molecule has 0 bridgehead atoms. The van der Waals surface area contributed by atoms with Crippen molar-refractivity contribution < 1.29 is 9.53 Å². The van der Waals surface area contributed by atoms with Gasteiger partial charge in [-0.15, -0.1) is 0 Å². The van der Waals surface area contributed by atoms with E-state index < -0.39 is 0 Å². The largest absolute Gasteiger partial charge is 0.496 e. The van der Waals surface area contributed by atoms with E-state index in [0.717, 1.165) is 23.2 Å². The minimum absolute atomic E-state index is 0.638. The molecule has 1 heterocycles. The highest BCUT2D eigenvalue weighted by atomic mass is 16.5. The van der Waals surface area contributed by atoms with Crippen molar-refractivity contribution in [1.29, 1.82) is 0 Å². The van der Waals surface area contributed by atoms with Crippen LogP contribution in [0.4, 0.5) is 0 Å². The Morgan fingerprint density at radius 3 is 3.00 bits per heavy atom. The molecule has 0 amide bonds. The quantitative estimate of drug-likeness (QED) is 0.596. The zero-order valence-electron chi connectivity index (χ0n) is 10.1. The first kappa shape index (κ1) is 12.1. The van der Waals surface area contributed by atoms with Gasteiger partial charge in [-0.05, 0) is 29.8 Å². The molecule has 2 aromatic rings. The standard InChI is InChI=1S/C14H14N2O2/c1-18-14-6-5-12(4-2-9-17)10-13(14)11-16-8-3-7-15-16/h2-10H,11H2,1H3. The van der Waals surface area contributed by atoms with Crippen LogP contribution in [0.25, 0.3) is 6.08 Å². The highest BCUT2D eigenvalue weighted by Crippen LogP contribution is 2.21. The molecular weight excluding hydrogens is 228 g/mol. The van der Waals surface area contributed by atoms with Gasteiger partial charge in [0, 0.05) is 18.0 Å². The average molecular weight is 242 g/mol. The van der Waals surface area contributed by atoms with E-state index in [4.69, 9.17) is 4.74 Å². The molecule has 0 saturated carbocycles. The monoisotopic (exact) mass is 242 g/mol. The van der Waals surface area contributed by atoms with Gasteiger partial charge in [0.05, 0.1) is 13.7 Å². The maximum Gasteiger partial charge on any atom is 0.142 e. The second-order valence-corrected chi connectivity index (χ2v) is 3.77. The number of methoxy groups -OCH3 is 1. The number of hydrogen-bond donors (Lipinski definition) is 0. The number of benzene rings is 1. The van der Waals surface area contributed by atoms with E-state index in [0.29, 0.717) is 6.54 Å². The minimum atomic E-state index is 0.638. The van der Waals surface area contributed by atoms with Gasteiger partial charge in [0.2, 0.25) is 0 Å². The zero-order valence-corrected chi connectivity index (χ0v) is 10.1. The molecule has 18 heavy (non-hydrogen) atoms. The lowest BCUT2D eigenvalue weighted by Gasteiger charge is -2.09. The number of allylic oxidation sites excluding steroid dienone is 1. The van der Waals surface area contributed by atoms with Gasteiger partial charge >= 0.3 is 0 Å². The van der Waals surface area contributed by atoms with Crippen molar-refractivity contribution in [1.82, 2.24) is 9.78 Å². The van der Waals surface area contributed by atoms with E-state index in [1.165, 1.54) is 6.08 Å². The Morgan fingerprint density at radius 1 is 1.44 bits per heavy atom. The first-order valence-electron chi connectivity index (χ1n) is 5.59. The molecule has 92 valence electrons. The van der Waals surface area contributed by atoms with Gasteiger partial charge in [-0.1, -0.05) is 12.1 Å². The van der Waals surface area contributed by atoms with Gasteiger partial charge in [0.25, 0.3) is 0 Å². The highest BCUT2D eigenvalue weighted by Gasteiger charge is 2.04. The molecule has 0 N–H and O–H groups in total. The van der Waals surface area contributed by atoms with E-state index >= 15 is 0 Å². The molecule has 0 radical (unpaired) electrons. The van der Waals surface area contributed by atoms with Gasteiger partial charge in [-0.2, -0.15) is 5.10 Å². The second-order valence-electron chi connectivity index (χ2n) is 3.77. The summed E-state index contributed by atoms with van der Waals surface area (Å²) in [5, 5.41) is 4.17. The maximum absolute atomic E-state index is 10.3. The summed E-state index contributed by atoms with van der Waals surface area (Å²) in [4.78, 5) is 10.3. The number of carbonyl (C=O) groups excluding carboxylic acids is 1. The summed E-state index contributed by atoms with van der Waals surface area (Å²) < 4.78 is 7.14. The smallest absolute Gasteiger partial charge is 0.142 e. The van der Waals surface area contributed by atoms with Crippen LogP contribution in [0.3, 0.4) is 0 Å². The van der Waals surface area contributed by atoms with Gasteiger partial charge in [0.1, 0.15) is 12.0 Å². The lowest BCUT2D eigenvalue weighted by molar-refractivity contribution is -0.104. The number of carbonyl (C=O) groups is 1. The first-order valence-corrected chi connectivity index (χ1v) is 5.59. The highest BCUT2D eigenvalue weighted by molar-refractivity contribution is 5.74. The van der Waals surface area contributed by atoms with Crippen LogP contribution in [0.5, 0.6) is 5.75 Å². The molecule has 2 rings (SSSR count). The Balaban J connectivity index is 2.30. The van der Waals surface area contributed by atoms with Crippen LogP contribution >= 0.6 is 0 Å². The summed E-state index contributed by atoms with van der Waals surface area (Å²) in [6.07, 6.45) is 7.63. The van der Waals surface area contributed by atoms with Crippen molar-refractivity contribution in [2.75, 3.05) is 7.11 Å². The molecule has 0 unspecified atom stereocenters. The SMILES string of the molecule is COc1ccc(C=CC=O)cc1Cn1cccn1. The fourth-order valence-corrected chi connectivity index (χ4v) is 1.74. The van der Waals surface area contributed by atoms with Gasteiger partial charge < -0.3 is 4.74 Å². The molecule has 0 atom stereocenters. The molecular formula is C14H14N2O2. The Morgan fingerprint density at radius 2 is 2.33 bits per heavy atom. The third-order valence-corrected chi connectivity index (χ3v) is 2.56. The van der Waals surface area contributed by atoms with Crippen molar-refractivity contribution in [2.45, 2.75) is 6.54 Å². The van der Waals surface area contributed by atoms with E-state index in [2.05, 4.69) is 5.10 Å². The number of aldehydes is 1.